The molecule has 10 heteroatoms. The van der Waals surface area contributed by atoms with Crippen LogP contribution in [0.1, 0.15) is 32.6 Å². The summed E-state index contributed by atoms with van der Waals surface area (Å²) in [4.78, 5) is 25.9. The first kappa shape index (κ1) is 23.6. The molecular formula is C14H31NO8P+. The lowest BCUT2D eigenvalue weighted by Crippen LogP contribution is -2.45. The van der Waals surface area contributed by atoms with Crippen LogP contribution < -0.4 is 0 Å². The number of nitrogens with zero attached hydrogens (tertiary/aromatic N) is 1. The first-order valence-electron chi connectivity index (χ1n) is 7.94. The fraction of sp³-hybridized carbons (Fsp3) is 0.929. The summed E-state index contributed by atoms with van der Waals surface area (Å²) in [6.07, 6.45) is 0.541. The topological polar surface area (TPSA) is 123 Å². The molecule has 0 saturated carbocycles. The number of hydrogen-bond acceptors (Lipinski definition) is 7. The van der Waals surface area contributed by atoms with Crippen LogP contribution in [0.4, 0.5) is 0 Å². The lowest BCUT2D eigenvalue weighted by atomic mass is 10.1. The van der Waals surface area contributed by atoms with Crippen molar-refractivity contribution in [1.29, 1.82) is 0 Å². The maximum atomic E-state index is 12.3. The number of carbonyl (C=O) groups excluding carboxylic acids is 1. The second-order valence-electron chi connectivity index (χ2n) is 6.66. The molecule has 3 N–H and O–H groups in total. The number of rotatable bonds is 14. The first-order chi connectivity index (χ1) is 11.0. The van der Waals surface area contributed by atoms with Gasteiger partial charge in [0.2, 0.25) is 0 Å². The molecule has 3 atom stereocenters. The molecule has 0 aliphatic carbocycles. The van der Waals surface area contributed by atoms with Crippen LogP contribution in [0.2, 0.25) is 0 Å². The number of unbranched alkanes of at least 4 members (excludes halogenated alkanes) is 2. The number of Topliss-reactive ketones (excluding diaryl/α,β-unsaturated/α-hetero) is 1. The van der Waals surface area contributed by atoms with Gasteiger partial charge in [-0.3, -0.25) is 19.1 Å². The lowest BCUT2D eigenvalue weighted by Gasteiger charge is -2.29. The summed E-state index contributed by atoms with van der Waals surface area (Å²) in [5.74, 6) is -0.258. The highest BCUT2D eigenvalue weighted by molar-refractivity contribution is 7.47. The molecule has 0 amide bonds. The Hall–Kier alpha value is -0.380. The van der Waals surface area contributed by atoms with Gasteiger partial charge in [0.1, 0.15) is 12.6 Å². The number of hydrogen-bond donors (Lipinski definition) is 3. The third kappa shape index (κ3) is 11.2. The van der Waals surface area contributed by atoms with Gasteiger partial charge in [0.05, 0.1) is 34.4 Å². The molecule has 0 aromatic carbocycles. The minimum absolute atomic E-state index is 0.207. The summed E-state index contributed by atoms with van der Waals surface area (Å²) in [7, 11) is 0.960. The Morgan fingerprint density at radius 2 is 1.88 bits per heavy atom. The maximum Gasteiger partial charge on any atom is 0.473 e. The van der Waals surface area contributed by atoms with Crippen molar-refractivity contribution in [2.45, 2.75) is 44.8 Å². The van der Waals surface area contributed by atoms with Crippen LogP contribution in [0.3, 0.4) is 0 Å². The minimum Gasteiger partial charge on any atom is -0.393 e. The number of aliphatic hydroxyl groups is 1. The highest BCUT2D eigenvalue weighted by Gasteiger charge is 2.35. The van der Waals surface area contributed by atoms with Gasteiger partial charge < -0.3 is 14.5 Å². The summed E-state index contributed by atoms with van der Waals surface area (Å²) in [5, 5.41) is 17.3. The maximum absolute atomic E-state index is 12.3. The van der Waals surface area contributed by atoms with Crippen molar-refractivity contribution < 1.29 is 43.0 Å². The van der Waals surface area contributed by atoms with Crippen molar-refractivity contribution in [1.82, 2.24) is 0 Å². The van der Waals surface area contributed by atoms with Gasteiger partial charge in [-0.1, -0.05) is 19.8 Å². The van der Waals surface area contributed by atoms with E-state index in [-0.39, 0.29) is 18.7 Å². The Morgan fingerprint density at radius 1 is 1.25 bits per heavy atom. The van der Waals surface area contributed by atoms with Crippen LogP contribution in [-0.4, -0.2) is 78.6 Å². The van der Waals surface area contributed by atoms with E-state index in [1.165, 1.54) is 0 Å². The summed E-state index contributed by atoms with van der Waals surface area (Å²) < 4.78 is 22.1. The van der Waals surface area contributed by atoms with E-state index < -0.39 is 33.2 Å². The van der Waals surface area contributed by atoms with Crippen LogP contribution in [0.25, 0.3) is 0 Å². The normalized spacial score (nSPS) is 17.3. The fourth-order valence-corrected chi connectivity index (χ4v) is 2.81. The van der Waals surface area contributed by atoms with Crippen LogP contribution in [0.15, 0.2) is 0 Å². The number of quaternary nitrogens is 1. The quantitative estimate of drug-likeness (QED) is 0.137. The molecule has 0 rings (SSSR count). The Labute approximate surface area is 143 Å². The predicted molar refractivity (Wildman–Crippen MR) is 87.3 cm³/mol. The molecule has 2 unspecified atom stereocenters. The molecule has 0 aliphatic rings. The largest absolute Gasteiger partial charge is 0.473 e. The van der Waals surface area contributed by atoms with Gasteiger partial charge in [0.25, 0.3) is 0 Å². The van der Waals surface area contributed by atoms with Gasteiger partial charge in [-0.15, -0.1) is 0 Å². The number of carbonyl (C=O) groups is 1. The number of phosphoric acid groups is 1. The van der Waals surface area contributed by atoms with Gasteiger partial charge in [-0.2, -0.15) is 0 Å². The van der Waals surface area contributed by atoms with Gasteiger partial charge in [-0.25, -0.2) is 9.45 Å². The average molecular weight is 372 g/mol. The second kappa shape index (κ2) is 11.3. The molecule has 0 radical (unpaired) electrons. The third-order valence-corrected chi connectivity index (χ3v) is 4.13. The van der Waals surface area contributed by atoms with Crippen LogP contribution >= 0.6 is 7.82 Å². The van der Waals surface area contributed by atoms with Crippen LogP contribution in [-0.2, 0) is 23.3 Å². The zero-order valence-electron chi connectivity index (χ0n) is 14.9. The third-order valence-electron chi connectivity index (χ3n) is 3.14. The standard InChI is InChI=1S/C14H30NO8P/c1-5-6-7-8-13(17)14(9-15(2,3)4)23-24(19,20)21-11-12(10-16)22-18/h12,14,16H,5-11H2,1-4H3,(H-,18,19,20)/p+1/t12-,14?/m1/s1. The Morgan fingerprint density at radius 3 is 2.33 bits per heavy atom. The van der Waals surface area contributed by atoms with E-state index in [1.807, 2.05) is 28.1 Å². The van der Waals surface area contributed by atoms with Crippen LogP contribution in [0, 0.1) is 0 Å². The second-order valence-corrected chi connectivity index (χ2v) is 8.07. The van der Waals surface area contributed by atoms with Crippen molar-refractivity contribution in [2.75, 3.05) is 40.9 Å². The zero-order valence-corrected chi connectivity index (χ0v) is 15.8. The molecule has 0 aromatic rings. The summed E-state index contributed by atoms with van der Waals surface area (Å²) in [6.45, 7) is 1.07. The Bertz CT molecular complexity index is 408. The first-order valence-corrected chi connectivity index (χ1v) is 9.44. The smallest absolute Gasteiger partial charge is 0.393 e. The summed E-state index contributed by atoms with van der Waals surface area (Å²) in [5.41, 5.74) is 0. The Kier molecular flexibility index (Phi) is 11.1. The molecule has 24 heavy (non-hydrogen) atoms. The van der Waals surface area contributed by atoms with E-state index >= 15 is 0 Å². The van der Waals surface area contributed by atoms with Crippen molar-refractivity contribution in [2.24, 2.45) is 0 Å². The van der Waals surface area contributed by atoms with Crippen molar-refractivity contribution in [3.05, 3.63) is 0 Å². The van der Waals surface area contributed by atoms with E-state index in [0.29, 0.717) is 10.9 Å². The summed E-state index contributed by atoms with van der Waals surface area (Å²) >= 11 is 0. The van der Waals surface area contributed by atoms with Crippen LogP contribution in [0.5, 0.6) is 0 Å². The van der Waals surface area contributed by atoms with E-state index in [9.17, 15) is 14.3 Å². The number of aliphatic hydroxyl groups excluding tert-OH is 1. The van der Waals surface area contributed by atoms with Crippen molar-refractivity contribution in [3.63, 3.8) is 0 Å². The predicted octanol–water partition coefficient (Wildman–Crippen LogP) is 1.19. The number of ketones is 1. The van der Waals surface area contributed by atoms with Gasteiger partial charge in [0, 0.05) is 6.42 Å². The molecule has 144 valence electrons. The van der Waals surface area contributed by atoms with Gasteiger partial charge in [-0.05, 0) is 6.42 Å². The molecule has 0 bridgehead atoms. The van der Waals surface area contributed by atoms with E-state index in [2.05, 4.69) is 9.41 Å². The molecular weight excluding hydrogens is 341 g/mol. The Balaban J connectivity index is 4.82. The van der Waals surface area contributed by atoms with Crippen molar-refractivity contribution >= 4 is 13.6 Å². The van der Waals surface area contributed by atoms with E-state index in [4.69, 9.17) is 14.9 Å². The lowest BCUT2D eigenvalue weighted by molar-refractivity contribution is -0.872. The van der Waals surface area contributed by atoms with Gasteiger partial charge >= 0.3 is 7.82 Å². The number of likely N-dealkylation sites (N-methyl/N-ethyl adjacent to an activating group) is 1. The molecule has 0 spiro atoms. The molecule has 0 aromatic heterocycles. The molecule has 0 aliphatic heterocycles. The van der Waals surface area contributed by atoms with E-state index in [0.717, 1.165) is 12.8 Å². The highest BCUT2D eigenvalue weighted by atomic mass is 31.2. The van der Waals surface area contributed by atoms with Gasteiger partial charge in [0.15, 0.2) is 11.9 Å². The highest BCUT2D eigenvalue weighted by Crippen LogP contribution is 2.45. The van der Waals surface area contributed by atoms with E-state index in [1.54, 1.807) is 0 Å². The number of phosphoric ester groups is 1. The summed E-state index contributed by atoms with van der Waals surface area (Å²) in [6, 6.07) is 0. The molecule has 9 nitrogen and oxygen atoms in total. The molecule has 0 heterocycles. The SMILES string of the molecule is CCCCCC(=O)C(C[N+](C)(C)C)OP(=O)(O)OC[C@@H](CO)OO. The molecule has 0 fully saturated rings. The average Bonchev–Trinajstić information content (AvgIpc) is 2.46. The zero-order chi connectivity index (χ0) is 18.8. The van der Waals surface area contributed by atoms with Crippen molar-refractivity contribution in [3.8, 4) is 0 Å². The molecule has 0 saturated heterocycles. The monoisotopic (exact) mass is 372 g/mol. The minimum atomic E-state index is -4.54. The fourth-order valence-electron chi connectivity index (χ4n) is 1.89.